The number of furan rings is 1. The van der Waals surface area contributed by atoms with Crippen LogP contribution in [0.25, 0.3) is 11.3 Å². The molecule has 0 atom stereocenters. The number of carbonyl (C=O) groups is 3. The number of rotatable bonds is 5. The largest absolute Gasteiger partial charge is 0.481 e. The number of carboxylic acids is 2. The zero-order valence-corrected chi connectivity index (χ0v) is 10.2. The fraction of sp³-hybridized carbons (Fsp3) is 0.0714. The maximum absolute atomic E-state index is 11.2. The summed E-state index contributed by atoms with van der Waals surface area (Å²) < 4.78 is 5.20. The van der Waals surface area contributed by atoms with Crippen LogP contribution in [0.4, 0.5) is 0 Å². The van der Waals surface area contributed by atoms with Crippen molar-refractivity contribution in [3.05, 3.63) is 47.2 Å². The molecule has 2 rings (SSSR count). The minimum atomic E-state index is -1.22. The highest BCUT2D eigenvalue weighted by molar-refractivity contribution is 5.92. The quantitative estimate of drug-likeness (QED) is 0.809. The lowest BCUT2D eigenvalue weighted by Crippen LogP contribution is -2.08. The topological polar surface area (TPSA) is 105 Å². The number of aldehydes is 1. The third-order valence-corrected chi connectivity index (χ3v) is 2.71. The summed E-state index contributed by atoms with van der Waals surface area (Å²) >= 11 is 0. The van der Waals surface area contributed by atoms with Gasteiger partial charge in [0.2, 0.25) is 0 Å². The molecule has 2 aromatic rings. The molecule has 1 heterocycles. The van der Waals surface area contributed by atoms with Gasteiger partial charge < -0.3 is 14.6 Å². The first-order valence-corrected chi connectivity index (χ1v) is 5.64. The number of aliphatic carboxylic acids is 1. The average molecular weight is 274 g/mol. The van der Waals surface area contributed by atoms with E-state index in [9.17, 15) is 14.4 Å². The van der Waals surface area contributed by atoms with Crippen LogP contribution in [-0.4, -0.2) is 28.4 Å². The van der Waals surface area contributed by atoms with Gasteiger partial charge in [0, 0.05) is 5.56 Å². The smallest absolute Gasteiger partial charge is 0.336 e. The SMILES string of the molecule is O=Cc1ccc(-c2ccc(CC(=O)O)c(C(=O)O)c2)o1. The van der Waals surface area contributed by atoms with Crippen molar-refractivity contribution in [3.63, 3.8) is 0 Å². The van der Waals surface area contributed by atoms with Crippen LogP contribution in [0.15, 0.2) is 34.7 Å². The molecule has 0 bridgehead atoms. The number of hydrogen-bond acceptors (Lipinski definition) is 4. The maximum Gasteiger partial charge on any atom is 0.336 e. The Morgan fingerprint density at radius 2 is 1.90 bits per heavy atom. The van der Waals surface area contributed by atoms with E-state index < -0.39 is 11.9 Å². The number of hydrogen-bond donors (Lipinski definition) is 2. The summed E-state index contributed by atoms with van der Waals surface area (Å²) in [7, 11) is 0. The van der Waals surface area contributed by atoms with Gasteiger partial charge in [-0.1, -0.05) is 12.1 Å². The predicted molar refractivity (Wildman–Crippen MR) is 67.8 cm³/mol. The van der Waals surface area contributed by atoms with Gasteiger partial charge in [0.1, 0.15) is 5.76 Å². The Labute approximate surface area is 113 Å². The van der Waals surface area contributed by atoms with Gasteiger partial charge in [0.25, 0.3) is 0 Å². The number of carbonyl (C=O) groups excluding carboxylic acids is 1. The Morgan fingerprint density at radius 3 is 2.45 bits per heavy atom. The highest BCUT2D eigenvalue weighted by Crippen LogP contribution is 2.24. The summed E-state index contributed by atoms with van der Waals surface area (Å²) in [5.41, 5.74) is 0.564. The van der Waals surface area contributed by atoms with Crippen LogP contribution in [-0.2, 0) is 11.2 Å². The van der Waals surface area contributed by atoms with Crippen LogP contribution in [0.3, 0.4) is 0 Å². The zero-order valence-electron chi connectivity index (χ0n) is 10.2. The predicted octanol–water partition coefficient (Wildman–Crippen LogP) is 2.08. The second-order valence-corrected chi connectivity index (χ2v) is 4.07. The Morgan fingerprint density at radius 1 is 1.15 bits per heavy atom. The Bertz CT molecular complexity index is 683. The van der Waals surface area contributed by atoms with E-state index in [-0.39, 0.29) is 23.3 Å². The molecular weight excluding hydrogens is 264 g/mol. The molecule has 1 aromatic carbocycles. The average Bonchev–Trinajstić information content (AvgIpc) is 2.87. The molecule has 0 saturated carbocycles. The first-order chi connectivity index (χ1) is 9.51. The summed E-state index contributed by atoms with van der Waals surface area (Å²) in [6.45, 7) is 0. The highest BCUT2D eigenvalue weighted by atomic mass is 16.4. The van der Waals surface area contributed by atoms with Gasteiger partial charge in [-0.3, -0.25) is 9.59 Å². The van der Waals surface area contributed by atoms with Crippen molar-refractivity contribution < 1.29 is 29.0 Å². The van der Waals surface area contributed by atoms with Gasteiger partial charge in [-0.05, 0) is 23.8 Å². The molecule has 0 unspecified atom stereocenters. The summed E-state index contributed by atoms with van der Waals surface area (Å²) in [4.78, 5) is 32.4. The van der Waals surface area contributed by atoms with E-state index in [1.165, 1.54) is 18.2 Å². The fourth-order valence-corrected chi connectivity index (χ4v) is 1.82. The minimum absolute atomic E-state index is 0.103. The molecule has 6 heteroatoms. The molecule has 20 heavy (non-hydrogen) atoms. The molecular formula is C14H10O6. The summed E-state index contributed by atoms with van der Waals surface area (Å²) in [5.74, 6) is -1.85. The van der Waals surface area contributed by atoms with Gasteiger partial charge in [0.05, 0.1) is 12.0 Å². The Balaban J connectivity index is 2.46. The second-order valence-electron chi connectivity index (χ2n) is 4.07. The van der Waals surface area contributed by atoms with Crippen LogP contribution < -0.4 is 0 Å². The molecule has 6 nitrogen and oxygen atoms in total. The highest BCUT2D eigenvalue weighted by Gasteiger charge is 2.15. The summed E-state index contributed by atoms with van der Waals surface area (Å²) in [6, 6.07) is 7.32. The monoisotopic (exact) mass is 274 g/mol. The lowest BCUT2D eigenvalue weighted by Gasteiger charge is -2.05. The molecule has 0 amide bonds. The summed E-state index contributed by atoms with van der Waals surface area (Å²) in [5, 5.41) is 17.9. The first-order valence-electron chi connectivity index (χ1n) is 5.64. The molecule has 0 aliphatic rings. The van der Waals surface area contributed by atoms with Crippen molar-refractivity contribution in [3.8, 4) is 11.3 Å². The molecule has 1 aromatic heterocycles. The number of benzene rings is 1. The standard InChI is InChI=1S/C14H10O6/c15-7-10-3-4-12(20-10)9-2-1-8(6-13(16)17)11(5-9)14(18)19/h1-5,7H,6H2,(H,16,17)(H,18,19). The lowest BCUT2D eigenvalue weighted by atomic mass is 10.0. The third kappa shape index (κ3) is 2.74. The number of carboxylic acid groups (broad SMARTS) is 2. The van der Waals surface area contributed by atoms with Crippen molar-refractivity contribution in [1.29, 1.82) is 0 Å². The third-order valence-electron chi connectivity index (χ3n) is 2.71. The van der Waals surface area contributed by atoms with E-state index >= 15 is 0 Å². The van der Waals surface area contributed by atoms with E-state index in [0.717, 1.165) is 0 Å². The molecule has 102 valence electrons. The van der Waals surface area contributed by atoms with Crippen LogP contribution in [0, 0.1) is 0 Å². The molecule has 2 N–H and O–H groups in total. The molecule has 0 aliphatic carbocycles. The van der Waals surface area contributed by atoms with Crippen molar-refractivity contribution in [2.45, 2.75) is 6.42 Å². The second kappa shape index (κ2) is 5.40. The van der Waals surface area contributed by atoms with E-state index in [2.05, 4.69) is 0 Å². The first kappa shape index (κ1) is 13.5. The molecule has 0 radical (unpaired) electrons. The molecule has 0 spiro atoms. The molecule has 0 saturated heterocycles. The van der Waals surface area contributed by atoms with Crippen molar-refractivity contribution in [2.75, 3.05) is 0 Å². The Kier molecular flexibility index (Phi) is 3.65. The molecule has 0 aliphatic heterocycles. The summed E-state index contributed by atoms with van der Waals surface area (Å²) in [6.07, 6.45) is 0.167. The maximum atomic E-state index is 11.2. The van der Waals surface area contributed by atoms with Crippen LogP contribution in [0.1, 0.15) is 26.5 Å². The van der Waals surface area contributed by atoms with Crippen LogP contribution >= 0.6 is 0 Å². The van der Waals surface area contributed by atoms with E-state index in [1.807, 2.05) is 0 Å². The lowest BCUT2D eigenvalue weighted by molar-refractivity contribution is -0.136. The Hall–Kier alpha value is -2.89. The fourth-order valence-electron chi connectivity index (χ4n) is 1.82. The van der Waals surface area contributed by atoms with E-state index in [1.54, 1.807) is 12.1 Å². The van der Waals surface area contributed by atoms with Crippen LogP contribution in [0.2, 0.25) is 0 Å². The van der Waals surface area contributed by atoms with Gasteiger partial charge in [-0.25, -0.2) is 4.79 Å². The van der Waals surface area contributed by atoms with Gasteiger partial charge in [-0.2, -0.15) is 0 Å². The van der Waals surface area contributed by atoms with Crippen molar-refractivity contribution in [1.82, 2.24) is 0 Å². The minimum Gasteiger partial charge on any atom is -0.481 e. The van der Waals surface area contributed by atoms with E-state index in [0.29, 0.717) is 17.6 Å². The van der Waals surface area contributed by atoms with Crippen molar-refractivity contribution >= 4 is 18.2 Å². The normalized spacial score (nSPS) is 10.2. The van der Waals surface area contributed by atoms with Gasteiger partial charge in [-0.15, -0.1) is 0 Å². The molecule has 0 fully saturated rings. The van der Waals surface area contributed by atoms with Gasteiger partial charge >= 0.3 is 11.9 Å². The van der Waals surface area contributed by atoms with E-state index in [4.69, 9.17) is 14.6 Å². The zero-order chi connectivity index (χ0) is 14.7. The number of aromatic carboxylic acids is 1. The van der Waals surface area contributed by atoms with Gasteiger partial charge in [0.15, 0.2) is 12.0 Å². The van der Waals surface area contributed by atoms with Crippen molar-refractivity contribution in [2.24, 2.45) is 0 Å². The van der Waals surface area contributed by atoms with Crippen LogP contribution in [0.5, 0.6) is 0 Å².